The number of nitrogens with one attached hydrogen (secondary N) is 1. The second-order valence-electron chi connectivity index (χ2n) is 5.67. The third-order valence-electron chi connectivity index (χ3n) is 4.02. The van der Waals surface area contributed by atoms with Gasteiger partial charge in [-0.1, -0.05) is 42.5 Å². The van der Waals surface area contributed by atoms with Crippen LogP contribution in [0.4, 0.5) is 0 Å². The lowest BCUT2D eigenvalue weighted by Gasteiger charge is -2.01. The fourth-order valence-electron chi connectivity index (χ4n) is 2.76. The van der Waals surface area contributed by atoms with Crippen LogP contribution in [0.25, 0.3) is 22.3 Å². The first-order chi connectivity index (χ1) is 11.8. The van der Waals surface area contributed by atoms with Crippen LogP contribution in [0.2, 0.25) is 0 Å². The average molecular weight is 315 g/mol. The van der Waals surface area contributed by atoms with Gasteiger partial charge in [0.05, 0.1) is 12.6 Å². The molecule has 24 heavy (non-hydrogen) atoms. The third kappa shape index (κ3) is 2.86. The Labute approximate surface area is 140 Å². The van der Waals surface area contributed by atoms with Crippen molar-refractivity contribution in [3.63, 3.8) is 0 Å². The zero-order chi connectivity index (χ0) is 16.4. The molecule has 0 spiro atoms. The first-order valence-corrected chi connectivity index (χ1v) is 7.85. The third-order valence-corrected chi connectivity index (χ3v) is 4.02. The molecule has 0 bridgehead atoms. The van der Waals surface area contributed by atoms with Crippen molar-refractivity contribution < 1.29 is 4.74 Å². The van der Waals surface area contributed by atoms with Gasteiger partial charge in [0.25, 0.3) is 0 Å². The van der Waals surface area contributed by atoms with Gasteiger partial charge in [-0.15, -0.1) is 0 Å². The van der Waals surface area contributed by atoms with Crippen molar-refractivity contribution >= 4 is 11.2 Å². The minimum atomic E-state index is 0.737. The number of rotatable bonds is 4. The van der Waals surface area contributed by atoms with E-state index in [-0.39, 0.29) is 0 Å². The minimum Gasteiger partial charge on any atom is -0.497 e. The van der Waals surface area contributed by atoms with Gasteiger partial charge < -0.3 is 9.72 Å². The summed E-state index contributed by atoms with van der Waals surface area (Å²) in [6, 6.07) is 20.4. The van der Waals surface area contributed by atoms with Crippen LogP contribution in [0.15, 0.2) is 66.9 Å². The molecule has 0 saturated heterocycles. The molecule has 4 rings (SSSR count). The Hall–Kier alpha value is -3.14. The Bertz CT molecular complexity index is 959. The highest BCUT2D eigenvalue weighted by Crippen LogP contribution is 2.22. The summed E-state index contributed by atoms with van der Waals surface area (Å²) in [6.45, 7) is 0. The highest BCUT2D eigenvalue weighted by Gasteiger charge is 2.07. The molecule has 4 heteroatoms. The van der Waals surface area contributed by atoms with Crippen molar-refractivity contribution in [1.82, 2.24) is 15.0 Å². The first kappa shape index (κ1) is 14.5. The minimum absolute atomic E-state index is 0.737. The molecule has 0 saturated carbocycles. The number of hydrogen-bond donors (Lipinski definition) is 1. The van der Waals surface area contributed by atoms with Gasteiger partial charge >= 0.3 is 0 Å². The fraction of sp³-hybridized carbons (Fsp3) is 0.100. The van der Waals surface area contributed by atoms with E-state index < -0.39 is 0 Å². The number of ether oxygens (including phenoxy) is 1. The molecule has 1 N–H and O–H groups in total. The van der Waals surface area contributed by atoms with Crippen LogP contribution in [0.5, 0.6) is 5.75 Å². The Morgan fingerprint density at radius 1 is 0.958 bits per heavy atom. The maximum absolute atomic E-state index is 5.19. The topological polar surface area (TPSA) is 50.8 Å². The molecule has 2 aromatic heterocycles. The summed E-state index contributed by atoms with van der Waals surface area (Å²) in [6.07, 6.45) is 2.61. The van der Waals surface area contributed by atoms with Crippen LogP contribution >= 0.6 is 0 Å². The van der Waals surface area contributed by atoms with Crippen molar-refractivity contribution in [2.75, 3.05) is 7.11 Å². The smallest absolute Gasteiger partial charge is 0.177 e. The summed E-state index contributed by atoms with van der Waals surface area (Å²) in [5, 5.41) is 0. The molecule has 4 nitrogen and oxygen atoms in total. The fourth-order valence-corrected chi connectivity index (χ4v) is 2.76. The molecule has 2 aromatic carbocycles. The van der Waals surface area contributed by atoms with E-state index in [0.29, 0.717) is 0 Å². The number of hydrogen-bond acceptors (Lipinski definition) is 3. The number of pyridine rings is 1. The molecular formula is C20H17N3O. The van der Waals surface area contributed by atoms with Gasteiger partial charge in [-0.3, -0.25) is 0 Å². The summed E-state index contributed by atoms with van der Waals surface area (Å²) in [7, 11) is 1.67. The molecule has 0 unspecified atom stereocenters. The van der Waals surface area contributed by atoms with Crippen LogP contribution in [0, 0.1) is 0 Å². The summed E-state index contributed by atoms with van der Waals surface area (Å²) in [4.78, 5) is 12.5. The van der Waals surface area contributed by atoms with Crippen molar-refractivity contribution in [2.24, 2.45) is 0 Å². The number of fused-ring (bicyclic) bond motifs is 1. The van der Waals surface area contributed by atoms with E-state index in [1.54, 1.807) is 7.11 Å². The largest absolute Gasteiger partial charge is 0.497 e. The molecule has 4 aromatic rings. The van der Waals surface area contributed by atoms with E-state index in [1.807, 2.05) is 36.5 Å². The number of methoxy groups -OCH3 is 1. The van der Waals surface area contributed by atoms with E-state index >= 15 is 0 Å². The predicted octanol–water partition coefficient (Wildman–Crippen LogP) is 4.22. The molecule has 0 radical (unpaired) electrons. The van der Waals surface area contributed by atoms with Gasteiger partial charge in [-0.25, -0.2) is 9.97 Å². The van der Waals surface area contributed by atoms with Gasteiger partial charge in [0.15, 0.2) is 5.65 Å². The van der Waals surface area contributed by atoms with Crippen LogP contribution in [0.1, 0.15) is 11.4 Å². The summed E-state index contributed by atoms with van der Waals surface area (Å²) < 4.78 is 5.19. The van der Waals surface area contributed by atoms with Gasteiger partial charge in [0.2, 0.25) is 0 Å². The number of aromatic nitrogens is 3. The maximum atomic E-state index is 5.19. The number of benzene rings is 2. The van der Waals surface area contributed by atoms with E-state index in [4.69, 9.17) is 4.74 Å². The van der Waals surface area contributed by atoms with Crippen LogP contribution < -0.4 is 4.74 Å². The highest BCUT2D eigenvalue weighted by atomic mass is 16.5. The summed E-state index contributed by atoms with van der Waals surface area (Å²) in [5.74, 6) is 1.77. The lowest BCUT2D eigenvalue weighted by atomic mass is 10.1. The summed E-state index contributed by atoms with van der Waals surface area (Å²) >= 11 is 0. The Kier molecular flexibility index (Phi) is 3.71. The Balaban J connectivity index is 1.63. The van der Waals surface area contributed by atoms with Gasteiger partial charge in [-0.2, -0.15) is 0 Å². The standard InChI is InChI=1S/C20H17N3O/c1-24-17-9-7-14(8-10-17)11-19-22-18-12-16(13-21-20(18)23-19)15-5-3-2-4-6-15/h2-10,12-13H,11H2,1H3,(H,21,22,23). The number of aromatic amines is 1. The molecular weight excluding hydrogens is 298 g/mol. The molecule has 2 heterocycles. The monoisotopic (exact) mass is 315 g/mol. The second kappa shape index (κ2) is 6.16. The van der Waals surface area contributed by atoms with Gasteiger partial charge in [-0.05, 0) is 29.3 Å². The Morgan fingerprint density at radius 2 is 1.75 bits per heavy atom. The normalized spacial score (nSPS) is 10.9. The molecule has 0 fully saturated rings. The predicted molar refractivity (Wildman–Crippen MR) is 95.1 cm³/mol. The van der Waals surface area contributed by atoms with Crippen molar-refractivity contribution in [3.8, 4) is 16.9 Å². The van der Waals surface area contributed by atoms with Gasteiger partial charge in [0.1, 0.15) is 11.6 Å². The molecule has 0 amide bonds. The Morgan fingerprint density at radius 3 is 2.50 bits per heavy atom. The van der Waals surface area contributed by atoms with Crippen LogP contribution in [0.3, 0.4) is 0 Å². The number of H-pyrrole nitrogens is 1. The average Bonchev–Trinajstić information content (AvgIpc) is 3.04. The molecule has 0 aliphatic rings. The zero-order valence-electron chi connectivity index (χ0n) is 13.4. The van der Waals surface area contributed by atoms with Crippen LogP contribution in [-0.2, 0) is 6.42 Å². The van der Waals surface area contributed by atoms with Crippen molar-refractivity contribution in [1.29, 1.82) is 0 Å². The molecule has 0 aliphatic carbocycles. The van der Waals surface area contributed by atoms with Crippen molar-refractivity contribution in [3.05, 3.63) is 78.2 Å². The molecule has 0 atom stereocenters. The number of nitrogens with zero attached hydrogens (tertiary/aromatic N) is 2. The lowest BCUT2D eigenvalue weighted by Crippen LogP contribution is -1.91. The number of imidazole rings is 1. The lowest BCUT2D eigenvalue weighted by molar-refractivity contribution is 0.414. The highest BCUT2D eigenvalue weighted by molar-refractivity contribution is 5.78. The SMILES string of the molecule is COc1ccc(Cc2nc3ncc(-c4ccccc4)cc3[nH]2)cc1. The first-order valence-electron chi connectivity index (χ1n) is 7.85. The molecule has 0 aliphatic heterocycles. The van der Waals surface area contributed by atoms with Gasteiger partial charge in [0, 0.05) is 18.2 Å². The quantitative estimate of drug-likeness (QED) is 0.613. The van der Waals surface area contributed by atoms with E-state index in [1.165, 1.54) is 5.56 Å². The molecule has 118 valence electrons. The second-order valence-corrected chi connectivity index (χ2v) is 5.67. The summed E-state index contributed by atoms with van der Waals surface area (Å²) in [5.41, 5.74) is 5.12. The van der Waals surface area contributed by atoms with Crippen molar-refractivity contribution in [2.45, 2.75) is 6.42 Å². The van der Waals surface area contributed by atoms with E-state index in [2.05, 4.69) is 45.3 Å². The van der Waals surface area contributed by atoms with E-state index in [0.717, 1.165) is 40.3 Å². The van der Waals surface area contributed by atoms with Crippen LogP contribution in [-0.4, -0.2) is 22.1 Å². The maximum Gasteiger partial charge on any atom is 0.177 e. The van der Waals surface area contributed by atoms with E-state index in [9.17, 15) is 0 Å². The zero-order valence-corrected chi connectivity index (χ0v) is 13.4.